The molecule has 1 aliphatic heterocycles. The van der Waals surface area contributed by atoms with Crippen LogP contribution in [0.2, 0.25) is 0 Å². The van der Waals surface area contributed by atoms with Gasteiger partial charge in [0.2, 0.25) is 0 Å². The molecule has 14 heteroatoms. The molecule has 1 spiro atoms. The molecule has 0 amide bonds. The lowest BCUT2D eigenvalue weighted by atomic mass is 9.55. The average Bonchev–Trinajstić information content (AvgIpc) is 3.28. The van der Waals surface area contributed by atoms with Crippen molar-refractivity contribution in [3.8, 4) is 0 Å². The lowest BCUT2D eigenvalue weighted by molar-refractivity contribution is -0.265. The van der Waals surface area contributed by atoms with Gasteiger partial charge >= 0.3 is 35.8 Å². The molecule has 2 bridgehead atoms. The van der Waals surface area contributed by atoms with E-state index in [4.69, 9.17) is 28.4 Å². The normalized spacial score (nSPS) is 41.8. The van der Waals surface area contributed by atoms with Crippen LogP contribution in [-0.4, -0.2) is 92.8 Å². The fourth-order valence-electron chi connectivity index (χ4n) is 9.26. The number of esters is 6. The molecule has 252 valence electrons. The minimum atomic E-state index is -2.23. The van der Waals surface area contributed by atoms with Gasteiger partial charge in [0.25, 0.3) is 0 Å². The molecular weight excluding hydrogens is 596 g/mol. The molecule has 0 aromatic rings. The Labute approximate surface area is 261 Å². The summed E-state index contributed by atoms with van der Waals surface area (Å²) in [5, 5.41) is 24.6. The Balaban J connectivity index is 2.25. The van der Waals surface area contributed by atoms with Crippen LogP contribution >= 0.6 is 0 Å². The Morgan fingerprint density at radius 3 is 1.89 bits per heavy atom. The van der Waals surface area contributed by atoms with Crippen molar-refractivity contribution in [2.75, 3.05) is 0 Å². The molecular formula is C31H44O14. The first-order valence-electron chi connectivity index (χ1n) is 15.2. The van der Waals surface area contributed by atoms with Crippen LogP contribution in [0.1, 0.15) is 88.0 Å². The number of fused-ring (bicyclic) bond motifs is 2. The summed E-state index contributed by atoms with van der Waals surface area (Å²) >= 11 is 0. The molecule has 1 saturated heterocycles. The Morgan fingerprint density at radius 2 is 1.40 bits per heavy atom. The highest BCUT2D eigenvalue weighted by Crippen LogP contribution is 2.71. The zero-order chi connectivity index (χ0) is 34.1. The molecule has 4 aliphatic rings. The van der Waals surface area contributed by atoms with Crippen LogP contribution in [0.4, 0.5) is 0 Å². The third-order valence-electron chi connectivity index (χ3n) is 10.4. The summed E-state index contributed by atoms with van der Waals surface area (Å²) in [4.78, 5) is 77.7. The number of carbonyl (C=O) groups excluding carboxylic acids is 6. The topological polar surface area (TPSA) is 198 Å². The first-order chi connectivity index (χ1) is 20.6. The van der Waals surface area contributed by atoms with Gasteiger partial charge in [-0.2, -0.15) is 0 Å². The van der Waals surface area contributed by atoms with E-state index in [2.05, 4.69) is 0 Å². The standard InChI is InChI=1S/C31H44O14/c1-10-21(36)43-24-25(41-15(3)33)31(27(6,7)38)20(13-22(37)45-31)28(8,39)19-12-11-18-23(40-14(2)32)30(19,24)26(42-16(4)34)29(18,9)44-17(5)35/h18-20,23-26,38-39H,10-13H2,1-9H3. The maximum Gasteiger partial charge on any atom is 0.307 e. The lowest BCUT2D eigenvalue weighted by Crippen LogP contribution is -2.70. The zero-order valence-electron chi connectivity index (χ0n) is 27.2. The molecule has 3 aliphatic carbocycles. The van der Waals surface area contributed by atoms with Gasteiger partial charge < -0.3 is 38.6 Å². The van der Waals surface area contributed by atoms with Crippen LogP contribution in [-0.2, 0) is 57.2 Å². The van der Waals surface area contributed by atoms with Crippen LogP contribution < -0.4 is 0 Å². The Hall–Kier alpha value is -3.26. The summed E-state index contributed by atoms with van der Waals surface area (Å²) in [7, 11) is 0. The molecule has 3 saturated carbocycles. The van der Waals surface area contributed by atoms with Gasteiger partial charge in [-0.3, -0.25) is 28.8 Å². The van der Waals surface area contributed by atoms with Gasteiger partial charge in [0.05, 0.1) is 17.4 Å². The molecule has 4 fully saturated rings. The number of hydrogen-bond donors (Lipinski definition) is 2. The van der Waals surface area contributed by atoms with Gasteiger partial charge in [0, 0.05) is 51.9 Å². The number of carbonyl (C=O) groups is 6. The number of aliphatic hydroxyl groups is 2. The van der Waals surface area contributed by atoms with E-state index in [9.17, 15) is 39.0 Å². The quantitative estimate of drug-likeness (QED) is 0.298. The third-order valence-corrected chi connectivity index (χ3v) is 10.4. The molecule has 0 aromatic heterocycles. The first-order valence-corrected chi connectivity index (χ1v) is 15.2. The first kappa shape index (κ1) is 34.6. The fourth-order valence-corrected chi connectivity index (χ4v) is 9.26. The predicted molar refractivity (Wildman–Crippen MR) is 150 cm³/mol. The van der Waals surface area contributed by atoms with E-state index in [1.165, 1.54) is 34.6 Å². The SMILES string of the molecule is CCC(=O)OC1C(OC(C)=O)C2(C(C)(C)O)OC(=O)CC2C(C)(O)C2CCC3C(OC(C)=O)C12C(OC(C)=O)C3(C)OC(C)=O. The van der Waals surface area contributed by atoms with Crippen molar-refractivity contribution in [3.05, 3.63) is 0 Å². The molecule has 0 aromatic carbocycles. The van der Waals surface area contributed by atoms with E-state index in [0.29, 0.717) is 0 Å². The zero-order valence-corrected chi connectivity index (χ0v) is 27.2. The van der Waals surface area contributed by atoms with Gasteiger partial charge in [-0.05, 0) is 40.5 Å². The third kappa shape index (κ3) is 4.99. The van der Waals surface area contributed by atoms with Crippen molar-refractivity contribution in [3.63, 3.8) is 0 Å². The van der Waals surface area contributed by atoms with Crippen molar-refractivity contribution < 1.29 is 67.4 Å². The number of rotatable bonds is 7. The second-order valence-electron chi connectivity index (χ2n) is 13.6. The van der Waals surface area contributed by atoms with Gasteiger partial charge in [-0.1, -0.05) is 6.92 Å². The van der Waals surface area contributed by atoms with Crippen molar-refractivity contribution in [2.24, 2.45) is 23.2 Å². The summed E-state index contributed by atoms with van der Waals surface area (Å²) in [6.07, 6.45) is -6.93. The second-order valence-corrected chi connectivity index (χ2v) is 13.6. The van der Waals surface area contributed by atoms with E-state index in [1.807, 2.05) is 0 Å². The van der Waals surface area contributed by atoms with E-state index < -0.39 is 112 Å². The highest BCUT2D eigenvalue weighted by molar-refractivity contribution is 5.75. The van der Waals surface area contributed by atoms with E-state index in [-0.39, 0.29) is 19.3 Å². The fraction of sp³-hybridized carbons (Fsp3) is 0.806. The molecule has 11 unspecified atom stereocenters. The van der Waals surface area contributed by atoms with Crippen molar-refractivity contribution in [2.45, 2.75) is 135 Å². The van der Waals surface area contributed by atoms with Crippen molar-refractivity contribution >= 4 is 35.8 Å². The summed E-state index contributed by atoms with van der Waals surface area (Å²) in [6.45, 7) is 11.5. The predicted octanol–water partition coefficient (Wildman–Crippen LogP) is 1.29. The van der Waals surface area contributed by atoms with Crippen LogP contribution in [0.15, 0.2) is 0 Å². The highest BCUT2D eigenvalue weighted by Gasteiger charge is 2.86. The summed E-state index contributed by atoms with van der Waals surface area (Å²) in [5.74, 6) is -8.24. The molecule has 45 heavy (non-hydrogen) atoms. The largest absolute Gasteiger partial charge is 0.461 e. The molecule has 11 atom stereocenters. The minimum absolute atomic E-state index is 0.101. The highest BCUT2D eigenvalue weighted by atomic mass is 16.6. The maximum absolute atomic E-state index is 13.3. The Kier molecular flexibility index (Phi) is 8.63. The van der Waals surface area contributed by atoms with Crippen LogP contribution in [0.3, 0.4) is 0 Å². The van der Waals surface area contributed by atoms with Gasteiger partial charge in [-0.25, -0.2) is 0 Å². The van der Waals surface area contributed by atoms with Crippen LogP contribution in [0, 0.1) is 23.2 Å². The molecule has 2 N–H and O–H groups in total. The average molecular weight is 641 g/mol. The second kappa shape index (κ2) is 11.2. The van der Waals surface area contributed by atoms with E-state index >= 15 is 0 Å². The van der Waals surface area contributed by atoms with Crippen LogP contribution in [0.5, 0.6) is 0 Å². The van der Waals surface area contributed by atoms with Gasteiger partial charge in [0.15, 0.2) is 29.5 Å². The Bertz CT molecular complexity index is 1280. The van der Waals surface area contributed by atoms with Crippen molar-refractivity contribution in [1.29, 1.82) is 0 Å². The summed E-state index contributed by atoms with van der Waals surface area (Å²) in [6, 6.07) is 0. The van der Waals surface area contributed by atoms with Gasteiger partial charge in [-0.15, -0.1) is 0 Å². The van der Waals surface area contributed by atoms with E-state index in [1.54, 1.807) is 0 Å². The smallest absolute Gasteiger partial charge is 0.307 e. The number of ether oxygens (including phenoxy) is 6. The molecule has 0 radical (unpaired) electrons. The molecule has 1 heterocycles. The molecule has 4 rings (SSSR count). The summed E-state index contributed by atoms with van der Waals surface area (Å²) < 4.78 is 35.9. The van der Waals surface area contributed by atoms with Crippen LogP contribution in [0.25, 0.3) is 0 Å². The monoisotopic (exact) mass is 640 g/mol. The number of hydrogen-bond acceptors (Lipinski definition) is 14. The van der Waals surface area contributed by atoms with Gasteiger partial charge in [0.1, 0.15) is 11.7 Å². The minimum Gasteiger partial charge on any atom is -0.461 e. The summed E-state index contributed by atoms with van der Waals surface area (Å²) in [5.41, 5.74) is -10.0. The van der Waals surface area contributed by atoms with E-state index in [0.717, 1.165) is 27.7 Å². The Morgan fingerprint density at radius 1 is 0.844 bits per heavy atom. The van der Waals surface area contributed by atoms with Crippen molar-refractivity contribution in [1.82, 2.24) is 0 Å². The maximum atomic E-state index is 13.3. The lowest BCUT2D eigenvalue weighted by Gasteiger charge is -2.54. The molecule has 14 nitrogen and oxygen atoms in total.